The summed E-state index contributed by atoms with van der Waals surface area (Å²) < 4.78 is 21.3. The monoisotopic (exact) mass is 370 g/mol. The summed E-state index contributed by atoms with van der Waals surface area (Å²) in [5.74, 6) is -0.432. The average molecular weight is 371 g/mol. The van der Waals surface area contributed by atoms with E-state index in [4.69, 9.17) is 4.74 Å². The Labute approximate surface area is 153 Å². The minimum Gasteiger partial charge on any atom is -0.360 e. The Balaban J connectivity index is 2.21. The maximum absolute atomic E-state index is 13.4. The number of aromatic nitrogens is 4. The van der Waals surface area contributed by atoms with Gasteiger partial charge in [0.1, 0.15) is 25.4 Å². The molecule has 5 nitrogen and oxygen atoms in total. The molecule has 2 heterocycles. The second-order valence-corrected chi connectivity index (χ2v) is 12.4. The molecule has 0 N–H and O–H groups in total. The van der Waals surface area contributed by atoms with Gasteiger partial charge in [-0.3, -0.25) is 4.98 Å². The molecule has 3 aromatic rings. The van der Waals surface area contributed by atoms with Gasteiger partial charge in [0.25, 0.3) is 0 Å². The SMILES string of the molecule is CCOC(n1nnc(-c2ccc(F)cc2)c1-c1ccncc1)[Si](C)(C)C. The van der Waals surface area contributed by atoms with Gasteiger partial charge in [0.15, 0.2) is 0 Å². The van der Waals surface area contributed by atoms with Crippen molar-refractivity contribution < 1.29 is 9.13 Å². The van der Waals surface area contributed by atoms with Crippen molar-refractivity contribution >= 4 is 8.07 Å². The summed E-state index contributed by atoms with van der Waals surface area (Å²) >= 11 is 0. The average Bonchev–Trinajstić information content (AvgIpc) is 3.04. The van der Waals surface area contributed by atoms with E-state index < -0.39 is 8.07 Å². The summed E-state index contributed by atoms with van der Waals surface area (Å²) in [6.45, 7) is 9.29. The summed E-state index contributed by atoms with van der Waals surface area (Å²) in [5.41, 5.74) is 3.33. The largest absolute Gasteiger partial charge is 0.360 e. The fourth-order valence-electron chi connectivity index (χ4n) is 2.88. The molecule has 1 aromatic carbocycles. The molecule has 0 spiro atoms. The molecule has 0 saturated carbocycles. The first-order valence-corrected chi connectivity index (χ1v) is 12.2. The van der Waals surface area contributed by atoms with Crippen LogP contribution in [0.1, 0.15) is 12.8 Å². The highest BCUT2D eigenvalue weighted by atomic mass is 28.3. The quantitative estimate of drug-likeness (QED) is 0.597. The second kappa shape index (κ2) is 7.47. The zero-order valence-electron chi connectivity index (χ0n) is 15.5. The molecule has 3 rings (SSSR count). The van der Waals surface area contributed by atoms with Crippen LogP contribution in [0.4, 0.5) is 4.39 Å². The number of rotatable bonds is 6. The number of nitrogens with zero attached hydrogens (tertiary/aromatic N) is 4. The Bertz CT molecular complexity index is 859. The fraction of sp³-hybridized carbons (Fsp3) is 0.316. The Morgan fingerprint density at radius 2 is 1.69 bits per heavy atom. The molecule has 0 bridgehead atoms. The molecule has 0 radical (unpaired) electrons. The van der Waals surface area contributed by atoms with E-state index >= 15 is 0 Å². The number of ether oxygens (including phenoxy) is 1. The van der Waals surface area contributed by atoms with Gasteiger partial charge in [-0.15, -0.1) is 5.10 Å². The van der Waals surface area contributed by atoms with Gasteiger partial charge in [-0.1, -0.05) is 24.9 Å². The molecule has 136 valence electrons. The highest BCUT2D eigenvalue weighted by molar-refractivity contribution is 6.76. The Hall–Kier alpha value is -2.38. The smallest absolute Gasteiger partial charge is 0.137 e. The van der Waals surface area contributed by atoms with E-state index in [0.717, 1.165) is 16.8 Å². The maximum atomic E-state index is 13.4. The van der Waals surface area contributed by atoms with Crippen molar-refractivity contribution in [2.45, 2.75) is 32.4 Å². The van der Waals surface area contributed by atoms with Crippen LogP contribution in [0.25, 0.3) is 22.5 Å². The predicted molar refractivity (Wildman–Crippen MR) is 103 cm³/mol. The summed E-state index contributed by atoms with van der Waals surface area (Å²) in [4.78, 5) is 4.11. The van der Waals surface area contributed by atoms with Gasteiger partial charge >= 0.3 is 0 Å². The highest BCUT2D eigenvalue weighted by Crippen LogP contribution is 2.34. The Morgan fingerprint density at radius 3 is 2.27 bits per heavy atom. The third-order valence-electron chi connectivity index (χ3n) is 4.05. The van der Waals surface area contributed by atoms with Gasteiger partial charge in [-0.2, -0.15) is 0 Å². The summed E-state index contributed by atoms with van der Waals surface area (Å²) in [7, 11) is -1.75. The van der Waals surface area contributed by atoms with Crippen LogP contribution < -0.4 is 0 Å². The van der Waals surface area contributed by atoms with Crippen LogP contribution in [-0.4, -0.2) is 34.7 Å². The fourth-order valence-corrected chi connectivity index (χ4v) is 4.47. The van der Waals surface area contributed by atoms with Crippen LogP contribution in [0.2, 0.25) is 19.6 Å². The topological polar surface area (TPSA) is 52.8 Å². The Kier molecular flexibility index (Phi) is 5.29. The molecule has 7 heteroatoms. The molecule has 0 amide bonds. The van der Waals surface area contributed by atoms with Crippen LogP contribution in [0.15, 0.2) is 48.8 Å². The minimum absolute atomic E-state index is 0.155. The van der Waals surface area contributed by atoms with Crippen LogP contribution in [0.3, 0.4) is 0 Å². The van der Waals surface area contributed by atoms with Crippen molar-refractivity contribution in [1.29, 1.82) is 0 Å². The van der Waals surface area contributed by atoms with Crippen LogP contribution in [0.5, 0.6) is 0 Å². The lowest BCUT2D eigenvalue weighted by Crippen LogP contribution is -2.38. The standard InChI is InChI=1S/C19H23FN4OSi/c1-5-25-19(26(2,3)4)24-18(15-10-12-21-13-11-15)17(22-23-24)14-6-8-16(20)9-7-14/h6-13,19H,5H2,1-4H3. The molecular weight excluding hydrogens is 347 g/mol. The predicted octanol–water partition coefficient (Wildman–Crippen LogP) is 4.56. The van der Waals surface area contributed by atoms with Crippen molar-refractivity contribution in [3.63, 3.8) is 0 Å². The third kappa shape index (κ3) is 3.73. The van der Waals surface area contributed by atoms with E-state index in [1.165, 1.54) is 12.1 Å². The first-order chi connectivity index (χ1) is 12.4. The molecular formula is C19H23FN4OSi. The van der Waals surface area contributed by atoms with E-state index in [0.29, 0.717) is 12.3 Å². The Morgan fingerprint density at radius 1 is 1.04 bits per heavy atom. The molecule has 1 atom stereocenters. The van der Waals surface area contributed by atoms with Crippen molar-refractivity contribution in [3.05, 3.63) is 54.6 Å². The third-order valence-corrected chi connectivity index (χ3v) is 5.95. The van der Waals surface area contributed by atoms with Crippen LogP contribution in [-0.2, 0) is 4.74 Å². The molecule has 0 aliphatic carbocycles. The second-order valence-electron chi connectivity index (χ2n) is 7.15. The van der Waals surface area contributed by atoms with E-state index in [2.05, 4.69) is 34.9 Å². The molecule has 2 aromatic heterocycles. The van der Waals surface area contributed by atoms with Crippen molar-refractivity contribution in [3.8, 4) is 22.5 Å². The zero-order valence-corrected chi connectivity index (χ0v) is 16.5. The molecule has 0 fully saturated rings. The lowest BCUT2D eigenvalue weighted by atomic mass is 10.1. The first kappa shape index (κ1) is 18.4. The van der Waals surface area contributed by atoms with Gasteiger partial charge in [0.05, 0.1) is 5.69 Å². The molecule has 1 unspecified atom stereocenters. The van der Waals surface area contributed by atoms with Gasteiger partial charge in [0, 0.05) is 30.1 Å². The summed E-state index contributed by atoms with van der Waals surface area (Å²) in [5, 5.41) is 8.86. The number of hydrogen-bond acceptors (Lipinski definition) is 4. The van der Waals surface area contributed by atoms with E-state index in [1.807, 2.05) is 23.7 Å². The lowest BCUT2D eigenvalue weighted by molar-refractivity contribution is 0.0549. The number of benzene rings is 1. The summed E-state index contributed by atoms with van der Waals surface area (Å²) in [6, 6.07) is 10.2. The molecule has 26 heavy (non-hydrogen) atoms. The number of pyridine rings is 1. The van der Waals surface area contributed by atoms with Crippen molar-refractivity contribution in [1.82, 2.24) is 20.0 Å². The van der Waals surface area contributed by atoms with Gasteiger partial charge in [-0.05, 0) is 43.3 Å². The van der Waals surface area contributed by atoms with Crippen LogP contribution in [0, 0.1) is 5.82 Å². The first-order valence-electron chi connectivity index (χ1n) is 8.65. The van der Waals surface area contributed by atoms with Crippen LogP contribution >= 0.6 is 0 Å². The van der Waals surface area contributed by atoms with Crippen molar-refractivity contribution in [2.24, 2.45) is 0 Å². The van der Waals surface area contributed by atoms with E-state index in [9.17, 15) is 4.39 Å². The highest BCUT2D eigenvalue weighted by Gasteiger charge is 2.33. The zero-order chi connectivity index (χ0) is 18.7. The van der Waals surface area contributed by atoms with Gasteiger partial charge in [0.2, 0.25) is 0 Å². The van der Waals surface area contributed by atoms with Gasteiger partial charge < -0.3 is 4.74 Å². The van der Waals surface area contributed by atoms with Crippen molar-refractivity contribution in [2.75, 3.05) is 6.61 Å². The number of halogens is 1. The summed E-state index contributed by atoms with van der Waals surface area (Å²) in [6.07, 6.45) is 3.48. The van der Waals surface area contributed by atoms with E-state index in [1.54, 1.807) is 24.5 Å². The molecule has 0 aliphatic rings. The molecule has 0 saturated heterocycles. The normalized spacial score (nSPS) is 13.0. The lowest BCUT2D eigenvalue weighted by Gasteiger charge is -2.29. The minimum atomic E-state index is -1.75. The maximum Gasteiger partial charge on any atom is 0.137 e. The number of hydrogen-bond donors (Lipinski definition) is 0. The molecule has 0 aliphatic heterocycles. The van der Waals surface area contributed by atoms with E-state index in [-0.39, 0.29) is 11.7 Å². The van der Waals surface area contributed by atoms with Gasteiger partial charge in [-0.25, -0.2) is 9.07 Å².